The minimum atomic E-state index is -4.70. The molecule has 1 amide bonds. The van der Waals surface area contributed by atoms with Gasteiger partial charge in [-0.1, -0.05) is 29.8 Å². The molecule has 0 radical (unpaired) electrons. The molecule has 1 N–H and O–H groups in total. The topological polar surface area (TPSA) is 77.8 Å². The van der Waals surface area contributed by atoms with Crippen molar-refractivity contribution in [3.8, 4) is 22.8 Å². The molecular weight excluding hydrogens is 437 g/mol. The molecule has 2 heterocycles. The number of benzene rings is 2. The van der Waals surface area contributed by atoms with Crippen molar-refractivity contribution in [2.24, 2.45) is 0 Å². The van der Waals surface area contributed by atoms with E-state index in [2.05, 4.69) is 15.4 Å². The highest BCUT2D eigenvalue weighted by Crippen LogP contribution is 2.33. The smallest absolute Gasteiger partial charge is 0.433 e. The molecular formula is C23H19F3N4O3. The van der Waals surface area contributed by atoms with E-state index in [1.165, 1.54) is 26.4 Å². The lowest BCUT2D eigenvalue weighted by Crippen LogP contribution is -2.15. The molecule has 10 heteroatoms. The van der Waals surface area contributed by atoms with Gasteiger partial charge in [0.15, 0.2) is 28.5 Å². The zero-order valence-electron chi connectivity index (χ0n) is 17.9. The maximum absolute atomic E-state index is 13.8. The summed E-state index contributed by atoms with van der Waals surface area (Å²) in [5.74, 6) is 0.151. The zero-order chi connectivity index (χ0) is 23.8. The first-order valence-corrected chi connectivity index (χ1v) is 9.78. The summed E-state index contributed by atoms with van der Waals surface area (Å²) in [6.07, 6.45) is -4.70. The van der Waals surface area contributed by atoms with Crippen LogP contribution in [0, 0.1) is 6.92 Å². The Balaban J connectivity index is 1.73. The van der Waals surface area contributed by atoms with Gasteiger partial charge in [0.25, 0.3) is 5.91 Å². The Hall–Kier alpha value is -4.08. The second kappa shape index (κ2) is 8.45. The number of ether oxygens (including phenoxy) is 2. The molecule has 170 valence electrons. The Morgan fingerprint density at radius 2 is 1.67 bits per heavy atom. The highest BCUT2D eigenvalue weighted by molar-refractivity contribution is 6.03. The first-order valence-electron chi connectivity index (χ1n) is 9.78. The Morgan fingerprint density at radius 1 is 0.970 bits per heavy atom. The second-order valence-electron chi connectivity index (χ2n) is 7.21. The van der Waals surface area contributed by atoms with Gasteiger partial charge in [-0.3, -0.25) is 4.79 Å². The van der Waals surface area contributed by atoms with E-state index in [4.69, 9.17) is 9.47 Å². The molecule has 7 nitrogen and oxygen atoms in total. The van der Waals surface area contributed by atoms with E-state index in [1.54, 1.807) is 36.4 Å². The van der Waals surface area contributed by atoms with E-state index in [-0.39, 0.29) is 17.0 Å². The van der Waals surface area contributed by atoms with Crippen LogP contribution >= 0.6 is 0 Å². The van der Waals surface area contributed by atoms with Crippen LogP contribution in [0.15, 0.2) is 54.6 Å². The maximum atomic E-state index is 13.8. The average molecular weight is 456 g/mol. The molecule has 0 atom stereocenters. The Kier molecular flexibility index (Phi) is 5.67. The van der Waals surface area contributed by atoms with Gasteiger partial charge in [-0.05, 0) is 25.1 Å². The number of rotatable bonds is 5. The number of methoxy groups -OCH3 is 2. The van der Waals surface area contributed by atoms with Crippen molar-refractivity contribution in [1.82, 2.24) is 14.6 Å². The fourth-order valence-corrected chi connectivity index (χ4v) is 3.27. The summed E-state index contributed by atoms with van der Waals surface area (Å²) in [5.41, 5.74) is 0.621. The third-order valence-corrected chi connectivity index (χ3v) is 4.94. The van der Waals surface area contributed by atoms with Crippen molar-refractivity contribution in [2.75, 3.05) is 19.5 Å². The Labute approximate surface area is 186 Å². The van der Waals surface area contributed by atoms with Gasteiger partial charge in [0.05, 0.1) is 19.9 Å². The van der Waals surface area contributed by atoms with Crippen LogP contribution in [0.3, 0.4) is 0 Å². The SMILES string of the molecule is COc1ccc(NC(=O)c2cc3nc(-c4ccc(C)cc4)cc(C(F)(F)F)n3n2)cc1OC. The van der Waals surface area contributed by atoms with E-state index in [9.17, 15) is 18.0 Å². The predicted octanol–water partition coefficient (Wildman–Crippen LogP) is 4.99. The summed E-state index contributed by atoms with van der Waals surface area (Å²) in [5, 5.41) is 6.46. The van der Waals surface area contributed by atoms with Gasteiger partial charge in [0, 0.05) is 23.4 Å². The van der Waals surface area contributed by atoms with Crippen LogP contribution in [-0.2, 0) is 6.18 Å². The number of carbonyl (C=O) groups excluding carboxylic acids is 1. The quantitative estimate of drug-likeness (QED) is 0.458. The Morgan fingerprint density at radius 3 is 2.30 bits per heavy atom. The number of hydrogen-bond acceptors (Lipinski definition) is 5. The lowest BCUT2D eigenvalue weighted by Gasteiger charge is -2.11. The number of anilines is 1. The van der Waals surface area contributed by atoms with E-state index in [1.807, 2.05) is 6.92 Å². The summed E-state index contributed by atoms with van der Waals surface area (Å²) in [6, 6.07) is 13.8. The van der Waals surface area contributed by atoms with Gasteiger partial charge >= 0.3 is 6.18 Å². The monoisotopic (exact) mass is 456 g/mol. The molecule has 4 rings (SSSR count). The number of halogens is 3. The third kappa shape index (κ3) is 4.45. The molecule has 0 unspecified atom stereocenters. The Bertz CT molecular complexity index is 1330. The van der Waals surface area contributed by atoms with E-state index in [0.29, 0.717) is 27.3 Å². The number of nitrogens with one attached hydrogen (secondary N) is 1. The molecule has 0 aliphatic heterocycles. The first kappa shape index (κ1) is 22.1. The van der Waals surface area contributed by atoms with Gasteiger partial charge in [0.1, 0.15) is 0 Å². The first-order chi connectivity index (χ1) is 15.7. The summed E-state index contributed by atoms with van der Waals surface area (Å²) in [7, 11) is 2.92. The molecule has 4 aromatic rings. The van der Waals surface area contributed by atoms with Crippen LogP contribution in [0.4, 0.5) is 18.9 Å². The van der Waals surface area contributed by atoms with Crippen LogP contribution < -0.4 is 14.8 Å². The van der Waals surface area contributed by atoms with Crippen LogP contribution in [-0.4, -0.2) is 34.7 Å². The van der Waals surface area contributed by atoms with E-state index >= 15 is 0 Å². The normalized spacial score (nSPS) is 11.5. The van der Waals surface area contributed by atoms with Gasteiger partial charge in [-0.15, -0.1) is 0 Å². The molecule has 0 spiro atoms. The van der Waals surface area contributed by atoms with Crippen molar-refractivity contribution in [3.05, 3.63) is 71.5 Å². The summed E-state index contributed by atoms with van der Waals surface area (Å²) < 4.78 is 52.3. The minimum absolute atomic E-state index is 0.0992. The summed E-state index contributed by atoms with van der Waals surface area (Å²) in [4.78, 5) is 17.0. The number of carbonyl (C=O) groups is 1. The average Bonchev–Trinajstić information content (AvgIpc) is 3.22. The molecule has 0 fully saturated rings. The third-order valence-electron chi connectivity index (χ3n) is 4.94. The van der Waals surface area contributed by atoms with E-state index in [0.717, 1.165) is 11.6 Å². The van der Waals surface area contributed by atoms with Crippen LogP contribution in [0.5, 0.6) is 11.5 Å². The molecule has 0 saturated carbocycles. The number of hydrogen-bond donors (Lipinski definition) is 1. The number of nitrogens with zero attached hydrogens (tertiary/aromatic N) is 3. The lowest BCUT2D eigenvalue weighted by atomic mass is 10.1. The number of aromatic nitrogens is 3. The number of alkyl halides is 3. The van der Waals surface area contributed by atoms with Gasteiger partial charge in [-0.2, -0.15) is 18.3 Å². The number of aryl methyl sites for hydroxylation is 1. The molecule has 0 saturated heterocycles. The van der Waals surface area contributed by atoms with Crippen LogP contribution in [0.25, 0.3) is 16.9 Å². The second-order valence-corrected chi connectivity index (χ2v) is 7.21. The van der Waals surface area contributed by atoms with Gasteiger partial charge < -0.3 is 14.8 Å². The zero-order valence-corrected chi connectivity index (χ0v) is 17.9. The van der Waals surface area contributed by atoms with Crippen LogP contribution in [0.2, 0.25) is 0 Å². The molecule has 0 aliphatic carbocycles. The predicted molar refractivity (Wildman–Crippen MR) is 116 cm³/mol. The highest BCUT2D eigenvalue weighted by Gasteiger charge is 2.35. The van der Waals surface area contributed by atoms with Crippen molar-refractivity contribution >= 4 is 17.2 Å². The lowest BCUT2D eigenvalue weighted by molar-refractivity contribution is -0.142. The largest absolute Gasteiger partial charge is 0.493 e. The highest BCUT2D eigenvalue weighted by atomic mass is 19.4. The molecule has 2 aromatic carbocycles. The van der Waals surface area contributed by atoms with Gasteiger partial charge in [0.2, 0.25) is 0 Å². The molecule has 2 aromatic heterocycles. The number of fused-ring (bicyclic) bond motifs is 1. The summed E-state index contributed by atoms with van der Waals surface area (Å²) in [6.45, 7) is 1.88. The molecule has 33 heavy (non-hydrogen) atoms. The van der Waals surface area contributed by atoms with Crippen molar-refractivity contribution < 1.29 is 27.4 Å². The fourth-order valence-electron chi connectivity index (χ4n) is 3.27. The van der Waals surface area contributed by atoms with Gasteiger partial charge in [-0.25, -0.2) is 9.50 Å². The fraction of sp³-hybridized carbons (Fsp3) is 0.174. The van der Waals surface area contributed by atoms with Crippen molar-refractivity contribution in [2.45, 2.75) is 13.1 Å². The number of amides is 1. The van der Waals surface area contributed by atoms with Crippen molar-refractivity contribution in [3.63, 3.8) is 0 Å². The minimum Gasteiger partial charge on any atom is -0.493 e. The molecule has 0 aliphatic rings. The standard InChI is InChI=1S/C23H19F3N4O3/c1-13-4-6-14(7-5-13)16-11-20(23(24,25)26)30-21(28-16)12-17(29-30)22(31)27-15-8-9-18(32-2)19(10-15)33-3/h4-12H,1-3H3,(H,27,31). The summed E-state index contributed by atoms with van der Waals surface area (Å²) >= 11 is 0. The molecule has 0 bridgehead atoms. The van der Waals surface area contributed by atoms with E-state index < -0.39 is 17.8 Å². The van der Waals surface area contributed by atoms with Crippen LogP contribution in [0.1, 0.15) is 21.7 Å². The maximum Gasteiger partial charge on any atom is 0.433 e. The van der Waals surface area contributed by atoms with Crippen molar-refractivity contribution in [1.29, 1.82) is 0 Å².